The van der Waals surface area contributed by atoms with Crippen LogP contribution in [0.3, 0.4) is 0 Å². The fourth-order valence-electron chi connectivity index (χ4n) is 3.41. The topological polar surface area (TPSA) is 119 Å². The second-order valence-electron chi connectivity index (χ2n) is 7.05. The minimum Gasteiger partial charge on any atom is -0.444 e. The third-order valence-electron chi connectivity index (χ3n) is 4.51. The van der Waals surface area contributed by atoms with Crippen LogP contribution in [0, 0.1) is 26.9 Å². The lowest BCUT2D eigenvalue weighted by atomic mass is 9.70. The lowest BCUT2D eigenvalue weighted by Crippen LogP contribution is -2.33. The summed E-state index contributed by atoms with van der Waals surface area (Å²) in [4.78, 5) is 23.1. The number of ether oxygens (including phenoxy) is 1. The van der Waals surface area contributed by atoms with Gasteiger partial charge in [-0.25, -0.2) is 0 Å². The Kier molecular flexibility index (Phi) is 3.84. The molecule has 1 aliphatic carbocycles. The Morgan fingerprint density at radius 3 is 2.52 bits per heavy atom. The molecule has 128 valence electrons. The summed E-state index contributed by atoms with van der Waals surface area (Å²) in [6, 6.07) is 7.84. The number of rotatable bonds is 2. The predicted molar refractivity (Wildman–Crippen MR) is 88.8 cm³/mol. The van der Waals surface area contributed by atoms with E-state index in [0.717, 1.165) is 0 Å². The minimum absolute atomic E-state index is 0.0184. The summed E-state index contributed by atoms with van der Waals surface area (Å²) in [5.74, 6) is -0.274. The number of nitro groups is 1. The first-order chi connectivity index (χ1) is 11.7. The van der Waals surface area contributed by atoms with Crippen LogP contribution >= 0.6 is 0 Å². The van der Waals surface area contributed by atoms with Crippen molar-refractivity contribution in [2.24, 2.45) is 11.1 Å². The summed E-state index contributed by atoms with van der Waals surface area (Å²) < 4.78 is 5.60. The van der Waals surface area contributed by atoms with Gasteiger partial charge in [-0.3, -0.25) is 14.9 Å². The molecule has 0 fully saturated rings. The SMILES string of the molecule is CC1(C)CC(=O)C2=C(C1)OC(N)=C(C#N)C2c1ccc([N+](=O)[O-])cc1. The Morgan fingerprint density at radius 1 is 1.32 bits per heavy atom. The molecule has 0 aromatic heterocycles. The highest BCUT2D eigenvalue weighted by atomic mass is 16.6. The van der Waals surface area contributed by atoms with Crippen LogP contribution in [0.2, 0.25) is 0 Å². The Labute approximate surface area is 144 Å². The van der Waals surface area contributed by atoms with Crippen LogP contribution < -0.4 is 5.73 Å². The van der Waals surface area contributed by atoms with Gasteiger partial charge in [0.25, 0.3) is 5.69 Å². The number of allylic oxidation sites excluding steroid dienone is 3. The lowest BCUT2D eigenvalue weighted by Gasteiger charge is -2.37. The van der Waals surface area contributed by atoms with Crippen molar-refractivity contribution in [1.29, 1.82) is 5.26 Å². The molecule has 1 heterocycles. The van der Waals surface area contributed by atoms with Crippen LogP contribution in [-0.2, 0) is 9.53 Å². The molecule has 1 atom stereocenters. The van der Waals surface area contributed by atoms with Crippen molar-refractivity contribution in [3.05, 3.63) is 62.7 Å². The molecule has 1 aromatic rings. The molecule has 2 N–H and O–H groups in total. The molecule has 7 nitrogen and oxygen atoms in total. The Balaban J connectivity index is 2.14. The number of hydrogen-bond acceptors (Lipinski definition) is 6. The number of nitro benzene ring substituents is 1. The van der Waals surface area contributed by atoms with Gasteiger partial charge in [-0.1, -0.05) is 26.0 Å². The third kappa shape index (κ3) is 2.87. The summed E-state index contributed by atoms with van der Waals surface area (Å²) in [6.07, 6.45) is 0.883. The molecule has 0 bridgehead atoms. The van der Waals surface area contributed by atoms with E-state index in [2.05, 4.69) is 0 Å². The molecule has 0 radical (unpaired) electrons. The highest BCUT2D eigenvalue weighted by Crippen LogP contribution is 2.47. The maximum Gasteiger partial charge on any atom is 0.269 e. The average Bonchev–Trinajstić information content (AvgIpc) is 2.52. The maximum atomic E-state index is 12.8. The number of carbonyl (C=O) groups excluding carboxylic acids is 1. The van der Waals surface area contributed by atoms with Crippen LogP contribution in [0.25, 0.3) is 0 Å². The highest BCUT2D eigenvalue weighted by Gasteiger charge is 2.42. The molecule has 0 saturated carbocycles. The van der Waals surface area contributed by atoms with Crippen LogP contribution in [0.5, 0.6) is 0 Å². The molecule has 0 spiro atoms. The van der Waals surface area contributed by atoms with Crippen molar-refractivity contribution in [3.63, 3.8) is 0 Å². The summed E-state index contributed by atoms with van der Waals surface area (Å²) in [5.41, 5.74) is 6.80. The number of benzene rings is 1. The average molecular weight is 339 g/mol. The van der Waals surface area contributed by atoms with Gasteiger partial charge in [0.1, 0.15) is 17.4 Å². The smallest absolute Gasteiger partial charge is 0.269 e. The molecular weight excluding hydrogens is 322 g/mol. The summed E-state index contributed by atoms with van der Waals surface area (Å²) >= 11 is 0. The second kappa shape index (κ2) is 5.74. The van der Waals surface area contributed by atoms with Gasteiger partial charge in [-0.05, 0) is 11.0 Å². The number of nitrogens with zero attached hydrogens (tertiary/aromatic N) is 2. The first kappa shape index (κ1) is 16.7. The zero-order valence-corrected chi connectivity index (χ0v) is 13.9. The number of nitrogens with two attached hydrogens (primary N) is 1. The van der Waals surface area contributed by atoms with Crippen LogP contribution in [-0.4, -0.2) is 10.7 Å². The van der Waals surface area contributed by atoms with Crippen molar-refractivity contribution < 1.29 is 14.5 Å². The van der Waals surface area contributed by atoms with Crippen molar-refractivity contribution in [1.82, 2.24) is 0 Å². The molecule has 2 aliphatic rings. The van der Waals surface area contributed by atoms with Crippen molar-refractivity contribution >= 4 is 11.5 Å². The summed E-state index contributed by atoms with van der Waals surface area (Å²) in [6.45, 7) is 3.94. The van der Waals surface area contributed by atoms with E-state index in [4.69, 9.17) is 10.5 Å². The van der Waals surface area contributed by atoms with E-state index in [1.807, 2.05) is 19.9 Å². The fourth-order valence-corrected chi connectivity index (χ4v) is 3.41. The second-order valence-corrected chi connectivity index (χ2v) is 7.05. The van der Waals surface area contributed by atoms with Crippen LogP contribution in [0.1, 0.15) is 38.2 Å². The molecule has 25 heavy (non-hydrogen) atoms. The number of nitriles is 1. The maximum absolute atomic E-state index is 12.8. The standard InChI is InChI=1S/C18H17N3O4/c1-18(2)7-13(22)16-14(8-18)25-17(20)12(9-19)15(16)10-3-5-11(6-4-10)21(23)24/h3-6,15H,7-8,20H2,1-2H3. The molecule has 0 amide bonds. The molecule has 0 saturated heterocycles. The van der Waals surface area contributed by atoms with Crippen molar-refractivity contribution in [2.75, 3.05) is 0 Å². The molecule has 1 unspecified atom stereocenters. The van der Waals surface area contributed by atoms with E-state index in [1.165, 1.54) is 12.1 Å². The first-order valence-corrected chi connectivity index (χ1v) is 7.82. The monoisotopic (exact) mass is 339 g/mol. The predicted octanol–water partition coefficient (Wildman–Crippen LogP) is 3.05. The van der Waals surface area contributed by atoms with Gasteiger partial charge in [-0.2, -0.15) is 5.26 Å². The number of carbonyl (C=O) groups is 1. The van der Waals surface area contributed by atoms with Gasteiger partial charge in [0.2, 0.25) is 5.88 Å². The number of hydrogen-bond donors (Lipinski definition) is 1. The van der Waals surface area contributed by atoms with E-state index >= 15 is 0 Å². The third-order valence-corrected chi connectivity index (χ3v) is 4.51. The molecule has 1 aliphatic heterocycles. The van der Waals surface area contributed by atoms with E-state index in [1.54, 1.807) is 12.1 Å². The molecular formula is C18H17N3O4. The lowest BCUT2D eigenvalue weighted by molar-refractivity contribution is -0.384. The van der Waals surface area contributed by atoms with E-state index in [9.17, 15) is 20.2 Å². The van der Waals surface area contributed by atoms with Gasteiger partial charge >= 0.3 is 0 Å². The summed E-state index contributed by atoms with van der Waals surface area (Å²) in [5, 5.41) is 20.4. The normalized spacial score (nSPS) is 22.1. The Morgan fingerprint density at radius 2 is 1.96 bits per heavy atom. The summed E-state index contributed by atoms with van der Waals surface area (Å²) in [7, 11) is 0. The largest absolute Gasteiger partial charge is 0.444 e. The molecule has 1 aromatic carbocycles. The number of non-ortho nitro benzene ring substituents is 1. The van der Waals surface area contributed by atoms with Crippen molar-refractivity contribution in [3.8, 4) is 6.07 Å². The quantitative estimate of drug-likeness (QED) is 0.653. The van der Waals surface area contributed by atoms with Gasteiger partial charge < -0.3 is 10.5 Å². The van der Waals surface area contributed by atoms with E-state index in [0.29, 0.717) is 29.7 Å². The van der Waals surface area contributed by atoms with Crippen molar-refractivity contribution in [2.45, 2.75) is 32.6 Å². The molecule has 3 rings (SSSR count). The highest BCUT2D eigenvalue weighted by molar-refractivity contribution is 6.00. The van der Waals surface area contributed by atoms with Crippen LogP contribution in [0.4, 0.5) is 5.69 Å². The number of Topliss-reactive ketones (excluding diaryl/α,β-unsaturated/α-hetero) is 1. The van der Waals surface area contributed by atoms with Gasteiger partial charge in [-0.15, -0.1) is 0 Å². The zero-order valence-electron chi connectivity index (χ0n) is 13.9. The van der Waals surface area contributed by atoms with Crippen LogP contribution in [0.15, 0.2) is 47.1 Å². The number of ketones is 1. The molecule has 7 heteroatoms. The first-order valence-electron chi connectivity index (χ1n) is 7.82. The van der Waals surface area contributed by atoms with E-state index < -0.39 is 10.8 Å². The fraction of sp³-hybridized carbons (Fsp3) is 0.333. The van der Waals surface area contributed by atoms with Gasteiger partial charge in [0, 0.05) is 30.5 Å². The van der Waals surface area contributed by atoms with Gasteiger partial charge in [0.05, 0.1) is 10.8 Å². The minimum atomic E-state index is -0.654. The van der Waals surface area contributed by atoms with E-state index in [-0.39, 0.29) is 28.3 Å². The van der Waals surface area contributed by atoms with Gasteiger partial charge in [0.15, 0.2) is 5.78 Å². The zero-order chi connectivity index (χ0) is 18.4. The Hall–Kier alpha value is -3.14. The Bertz CT molecular complexity index is 873.